The van der Waals surface area contributed by atoms with E-state index in [1.807, 2.05) is 0 Å². The fraction of sp³-hybridized carbons (Fsp3) is 0. The number of thiophene rings is 2. The first-order chi connectivity index (χ1) is 16.8. The summed E-state index contributed by atoms with van der Waals surface area (Å²) in [7, 11) is 0. The summed E-state index contributed by atoms with van der Waals surface area (Å²) >= 11 is 3.44. The third-order valence-corrected chi connectivity index (χ3v) is 9.13. The molecule has 4 nitrogen and oxygen atoms in total. The van der Waals surface area contributed by atoms with Crippen LogP contribution in [0.4, 0.5) is 0 Å². The summed E-state index contributed by atoms with van der Waals surface area (Å²) in [6.45, 7) is -2.07. The topological polar surface area (TPSA) is 26.4 Å². The number of rotatable bonds is 1. The first-order valence-corrected chi connectivity index (χ1v) is 13.1. The van der Waals surface area contributed by atoms with Crippen molar-refractivity contribution in [3.05, 3.63) is 105 Å². The zero-order valence-corrected chi connectivity index (χ0v) is 19.4. The Labute approximate surface area is 203 Å². The van der Waals surface area contributed by atoms with Crippen LogP contribution in [0.3, 0.4) is 0 Å². The normalized spacial score (nSPS) is 19.8. The second-order valence-electron chi connectivity index (χ2n) is 8.96. The van der Waals surface area contributed by atoms with Crippen molar-refractivity contribution in [1.82, 2.24) is 4.48 Å². The van der Waals surface area contributed by atoms with Crippen LogP contribution in [-0.2, 0) is 0 Å². The molecular formula is C27H15BN2O2S2. The number of hydrogen-bond donors (Lipinski definition) is 0. The van der Waals surface area contributed by atoms with E-state index in [2.05, 4.69) is 98.6 Å². The maximum absolute atomic E-state index is 6.94. The van der Waals surface area contributed by atoms with Gasteiger partial charge in [-0.2, -0.15) is 0 Å². The minimum absolute atomic E-state index is 0.886. The Morgan fingerprint density at radius 2 is 1.44 bits per heavy atom. The Morgan fingerprint density at radius 1 is 0.735 bits per heavy atom. The molecule has 9 rings (SSSR count). The summed E-state index contributed by atoms with van der Waals surface area (Å²) in [5, 5.41) is 4.21. The Kier molecular flexibility index (Phi) is 3.02. The molecule has 1 atom stereocenters. The molecular weight excluding hydrogens is 459 g/mol. The highest BCUT2D eigenvalue weighted by atomic mass is 32.1. The number of benzene rings is 2. The molecule has 0 saturated carbocycles. The van der Waals surface area contributed by atoms with Crippen LogP contribution in [0, 0.1) is 0 Å². The van der Waals surface area contributed by atoms with Gasteiger partial charge in [0.2, 0.25) is 0 Å². The molecule has 0 N–H and O–H groups in total. The van der Waals surface area contributed by atoms with Crippen LogP contribution in [0.15, 0.2) is 83.6 Å². The van der Waals surface area contributed by atoms with Gasteiger partial charge < -0.3 is 18.3 Å². The van der Waals surface area contributed by atoms with Crippen LogP contribution < -0.4 is 9.31 Å². The first-order valence-electron chi connectivity index (χ1n) is 11.3. The Morgan fingerprint density at radius 3 is 2.26 bits per heavy atom. The van der Waals surface area contributed by atoms with Gasteiger partial charge in [0, 0.05) is 23.0 Å². The second-order valence-corrected chi connectivity index (χ2v) is 10.8. The molecule has 0 bridgehead atoms. The van der Waals surface area contributed by atoms with Gasteiger partial charge in [0.25, 0.3) is 0 Å². The van der Waals surface area contributed by atoms with Gasteiger partial charge in [0.05, 0.1) is 21.8 Å². The molecule has 0 aliphatic carbocycles. The number of aromatic nitrogens is 1. The number of fused-ring (bicyclic) bond motifs is 7. The molecule has 2 aromatic carbocycles. The molecule has 5 aromatic rings. The molecule has 7 heteroatoms. The van der Waals surface area contributed by atoms with E-state index >= 15 is 0 Å². The molecule has 4 aliphatic heterocycles. The largest absolute Gasteiger partial charge is 0.780 e. The third kappa shape index (κ3) is 1.88. The fourth-order valence-electron chi connectivity index (χ4n) is 6.02. The predicted octanol–water partition coefficient (Wildman–Crippen LogP) is 6.39. The maximum atomic E-state index is 6.94. The number of hydrogen-bond acceptors (Lipinski definition) is 4. The molecule has 3 aromatic heterocycles. The number of nitrogens with zero attached hydrogens (tertiary/aromatic N) is 2. The highest BCUT2D eigenvalue weighted by Gasteiger charge is 2.64. The Hall–Kier alpha value is -3.81. The van der Waals surface area contributed by atoms with Crippen molar-refractivity contribution >= 4 is 47.0 Å². The molecule has 1 unspecified atom stereocenters. The van der Waals surface area contributed by atoms with E-state index in [1.165, 1.54) is 28.0 Å². The smallest absolute Gasteiger partial charge is 0.600 e. The van der Waals surface area contributed by atoms with Crippen molar-refractivity contribution in [2.75, 3.05) is 0 Å². The van der Waals surface area contributed by atoms with E-state index in [9.17, 15) is 0 Å². The summed E-state index contributed by atoms with van der Waals surface area (Å²) in [5.41, 5.74) is 9.43. The summed E-state index contributed by atoms with van der Waals surface area (Å²) in [6, 6.07) is 25.7. The van der Waals surface area contributed by atoms with E-state index in [4.69, 9.17) is 9.31 Å². The van der Waals surface area contributed by atoms with Crippen LogP contribution in [-0.4, -0.2) is 21.5 Å². The zero-order chi connectivity index (χ0) is 22.0. The fourth-order valence-corrected chi connectivity index (χ4v) is 7.74. The van der Waals surface area contributed by atoms with Gasteiger partial charge in [-0.05, 0) is 46.7 Å². The van der Waals surface area contributed by atoms with Crippen LogP contribution >= 0.6 is 22.7 Å². The van der Waals surface area contributed by atoms with Gasteiger partial charge in [-0.1, -0.05) is 42.5 Å². The highest BCUT2D eigenvalue weighted by Crippen LogP contribution is 2.53. The molecule has 0 radical (unpaired) electrons. The molecule has 0 fully saturated rings. The van der Waals surface area contributed by atoms with Gasteiger partial charge >= 0.3 is 6.82 Å². The van der Waals surface area contributed by atoms with Crippen molar-refractivity contribution in [3.8, 4) is 33.2 Å². The standard InChI is InChI=1S/C27H15BN2O2S2/c1-2-6-16(7-3-1)19-14-22-26-23(10-12-33-26)31-28-29(22)21(19)15-20-17-8-4-5-9-18(17)25(30(20)28)27-24(32-28)11-13-34-27/h1-15H. The van der Waals surface area contributed by atoms with Crippen LogP contribution in [0.1, 0.15) is 21.7 Å². The van der Waals surface area contributed by atoms with Crippen LogP contribution in [0.2, 0.25) is 0 Å². The lowest BCUT2D eigenvalue weighted by Gasteiger charge is -2.45. The van der Waals surface area contributed by atoms with Gasteiger partial charge in [-0.25, -0.2) is 0 Å². The summed E-state index contributed by atoms with van der Waals surface area (Å²) in [5.74, 6) is 1.77. The van der Waals surface area contributed by atoms with E-state index in [-0.39, 0.29) is 0 Å². The summed E-state index contributed by atoms with van der Waals surface area (Å²) in [6.07, 6.45) is 2.32. The lowest BCUT2D eigenvalue weighted by atomic mass is 9.78. The molecule has 4 aliphatic rings. The van der Waals surface area contributed by atoms with E-state index < -0.39 is 6.82 Å². The first kappa shape index (κ1) is 17.6. The van der Waals surface area contributed by atoms with Crippen molar-refractivity contribution in [3.63, 3.8) is 0 Å². The van der Waals surface area contributed by atoms with E-state index in [0.717, 1.165) is 38.3 Å². The SMILES string of the molecule is C1=C2c3ccccc3C3=[N+]2[B-]2(Oc4ccsc43)Oc3ccsc3-c3cc(-c4ccccc4)c1n32. The molecule has 0 amide bonds. The monoisotopic (exact) mass is 474 g/mol. The van der Waals surface area contributed by atoms with Crippen molar-refractivity contribution in [2.24, 2.45) is 0 Å². The third-order valence-electron chi connectivity index (χ3n) is 7.31. The summed E-state index contributed by atoms with van der Waals surface area (Å²) in [4.78, 5) is 2.30. The van der Waals surface area contributed by atoms with Gasteiger partial charge in [-0.15, -0.1) is 22.7 Å². The van der Waals surface area contributed by atoms with Crippen molar-refractivity contribution < 1.29 is 13.8 Å². The average molecular weight is 474 g/mol. The lowest BCUT2D eigenvalue weighted by Crippen LogP contribution is -2.68. The minimum atomic E-state index is -2.07. The minimum Gasteiger partial charge on any atom is -0.600 e. The van der Waals surface area contributed by atoms with Gasteiger partial charge in [0.1, 0.15) is 10.6 Å². The van der Waals surface area contributed by atoms with Gasteiger partial charge in [-0.3, -0.25) is 0 Å². The molecule has 1 spiro atoms. The maximum Gasteiger partial charge on any atom is 0.780 e. The zero-order valence-electron chi connectivity index (χ0n) is 17.8. The molecule has 34 heavy (non-hydrogen) atoms. The Bertz CT molecular complexity index is 1770. The summed E-state index contributed by atoms with van der Waals surface area (Å²) < 4.78 is 18.5. The van der Waals surface area contributed by atoms with Crippen molar-refractivity contribution in [2.45, 2.75) is 0 Å². The van der Waals surface area contributed by atoms with Crippen LogP contribution in [0.25, 0.3) is 33.5 Å². The second kappa shape index (κ2) is 5.81. The van der Waals surface area contributed by atoms with E-state index in [1.54, 1.807) is 22.7 Å². The average Bonchev–Trinajstić information content (AvgIpc) is 3.65. The predicted molar refractivity (Wildman–Crippen MR) is 138 cm³/mol. The van der Waals surface area contributed by atoms with E-state index in [0.29, 0.717) is 0 Å². The Balaban J connectivity index is 1.48. The van der Waals surface area contributed by atoms with Crippen molar-refractivity contribution in [1.29, 1.82) is 0 Å². The quantitative estimate of drug-likeness (QED) is 0.263. The highest BCUT2D eigenvalue weighted by molar-refractivity contribution is 7.14. The molecule has 160 valence electrons. The van der Waals surface area contributed by atoms with Gasteiger partial charge in [0.15, 0.2) is 11.4 Å². The van der Waals surface area contributed by atoms with Crippen LogP contribution in [0.5, 0.6) is 11.5 Å². The lowest BCUT2D eigenvalue weighted by molar-refractivity contribution is -0.330. The molecule has 7 heterocycles. The molecule has 0 saturated heterocycles.